The quantitative estimate of drug-likeness (QED) is 0.774. The van der Waals surface area contributed by atoms with Gasteiger partial charge >= 0.3 is 0 Å². The van der Waals surface area contributed by atoms with Crippen LogP contribution in [-0.2, 0) is 6.61 Å². The van der Waals surface area contributed by atoms with Crippen molar-refractivity contribution in [3.8, 4) is 11.5 Å². The van der Waals surface area contributed by atoms with E-state index in [1.165, 1.54) is 0 Å². The lowest BCUT2D eigenvalue weighted by atomic mass is 10.0. The summed E-state index contributed by atoms with van der Waals surface area (Å²) in [5, 5.41) is 8.88. The summed E-state index contributed by atoms with van der Waals surface area (Å²) in [7, 11) is 1.62. The zero-order chi connectivity index (χ0) is 15.8. The normalized spacial score (nSPS) is 11.4. The summed E-state index contributed by atoms with van der Waals surface area (Å²) in [6.45, 7) is 0.649. The van der Waals surface area contributed by atoms with Crippen LogP contribution in [0.5, 0.6) is 11.5 Å². The van der Waals surface area contributed by atoms with Gasteiger partial charge in [-0.2, -0.15) is 0 Å². The second-order valence-corrected chi connectivity index (χ2v) is 5.16. The molecule has 0 aromatic heterocycles. The molecule has 3 N–H and O–H groups in total. The maximum Gasteiger partial charge on any atom is 0.161 e. The SMILES string of the molecule is COc1cc([C@@H](N)CCCO)ccc1OCc1ccccc1.Cl. The Morgan fingerprint density at radius 1 is 1.09 bits per heavy atom. The highest BCUT2D eigenvalue weighted by Crippen LogP contribution is 2.31. The molecule has 0 amide bonds. The van der Waals surface area contributed by atoms with E-state index >= 15 is 0 Å². The van der Waals surface area contributed by atoms with Crippen LogP contribution in [0.4, 0.5) is 0 Å². The van der Waals surface area contributed by atoms with Crippen molar-refractivity contribution in [1.29, 1.82) is 0 Å². The average Bonchev–Trinajstić information content (AvgIpc) is 2.58. The van der Waals surface area contributed by atoms with Crippen LogP contribution in [0.1, 0.15) is 30.0 Å². The van der Waals surface area contributed by atoms with Crippen molar-refractivity contribution in [2.45, 2.75) is 25.5 Å². The van der Waals surface area contributed by atoms with Crippen molar-refractivity contribution in [2.24, 2.45) is 5.73 Å². The third-order valence-electron chi connectivity index (χ3n) is 3.53. The monoisotopic (exact) mass is 337 g/mol. The minimum absolute atomic E-state index is 0. The van der Waals surface area contributed by atoms with Gasteiger partial charge in [-0.1, -0.05) is 36.4 Å². The number of nitrogens with two attached hydrogens (primary N) is 1. The van der Waals surface area contributed by atoms with Crippen molar-refractivity contribution in [3.63, 3.8) is 0 Å². The molecule has 0 bridgehead atoms. The van der Waals surface area contributed by atoms with Gasteiger partial charge in [0.25, 0.3) is 0 Å². The molecule has 0 aliphatic carbocycles. The number of rotatable bonds is 8. The first-order valence-electron chi connectivity index (χ1n) is 7.45. The number of hydrogen-bond acceptors (Lipinski definition) is 4. The Labute approximate surface area is 143 Å². The van der Waals surface area contributed by atoms with Gasteiger partial charge in [0.2, 0.25) is 0 Å². The van der Waals surface area contributed by atoms with E-state index in [9.17, 15) is 0 Å². The Kier molecular flexibility index (Phi) is 8.48. The first-order chi connectivity index (χ1) is 10.7. The summed E-state index contributed by atoms with van der Waals surface area (Å²) in [5.74, 6) is 1.37. The van der Waals surface area contributed by atoms with E-state index in [1.54, 1.807) is 7.11 Å². The molecule has 0 fully saturated rings. The Bertz CT molecular complexity index is 578. The molecule has 0 spiro atoms. The summed E-state index contributed by atoms with van der Waals surface area (Å²) in [5.41, 5.74) is 8.20. The fraction of sp³-hybridized carbons (Fsp3) is 0.333. The number of aliphatic hydroxyl groups is 1. The number of benzene rings is 2. The maximum absolute atomic E-state index is 8.88. The number of aliphatic hydroxyl groups excluding tert-OH is 1. The second-order valence-electron chi connectivity index (χ2n) is 5.16. The standard InChI is InChI=1S/C18H23NO3.ClH/c1-21-18-12-15(16(19)8-5-11-20)9-10-17(18)22-13-14-6-3-2-4-7-14;/h2-4,6-7,9-10,12,16,20H,5,8,11,13,19H2,1H3;1H/t16-;/m0./s1. The van der Waals surface area contributed by atoms with Crippen molar-refractivity contribution in [3.05, 3.63) is 59.7 Å². The van der Waals surface area contributed by atoms with Gasteiger partial charge in [0.05, 0.1) is 7.11 Å². The van der Waals surface area contributed by atoms with E-state index in [4.69, 9.17) is 20.3 Å². The van der Waals surface area contributed by atoms with E-state index in [2.05, 4.69) is 0 Å². The predicted octanol–water partition coefficient (Wildman–Crippen LogP) is 3.47. The van der Waals surface area contributed by atoms with E-state index in [0.29, 0.717) is 24.5 Å². The van der Waals surface area contributed by atoms with Crippen molar-refractivity contribution >= 4 is 12.4 Å². The van der Waals surface area contributed by atoms with Crippen LogP contribution in [0.15, 0.2) is 48.5 Å². The third-order valence-corrected chi connectivity index (χ3v) is 3.53. The van der Waals surface area contributed by atoms with Crippen LogP contribution in [0.25, 0.3) is 0 Å². The molecule has 0 aliphatic rings. The minimum Gasteiger partial charge on any atom is -0.493 e. The highest BCUT2D eigenvalue weighted by Gasteiger charge is 2.11. The average molecular weight is 338 g/mol. The highest BCUT2D eigenvalue weighted by molar-refractivity contribution is 5.85. The zero-order valence-electron chi connectivity index (χ0n) is 13.3. The fourth-order valence-corrected chi connectivity index (χ4v) is 2.25. The molecular formula is C18H24ClNO3. The van der Waals surface area contributed by atoms with Gasteiger partial charge in [-0.05, 0) is 36.1 Å². The van der Waals surface area contributed by atoms with Crippen LogP contribution in [0, 0.1) is 0 Å². The van der Waals surface area contributed by atoms with E-state index in [1.807, 2.05) is 48.5 Å². The first-order valence-corrected chi connectivity index (χ1v) is 7.45. The molecule has 0 saturated carbocycles. The number of methoxy groups -OCH3 is 1. The largest absolute Gasteiger partial charge is 0.493 e. The molecule has 2 rings (SSSR count). The minimum atomic E-state index is -0.107. The molecular weight excluding hydrogens is 314 g/mol. The molecule has 23 heavy (non-hydrogen) atoms. The number of hydrogen-bond donors (Lipinski definition) is 2. The Morgan fingerprint density at radius 3 is 2.48 bits per heavy atom. The predicted molar refractivity (Wildman–Crippen MR) is 94.3 cm³/mol. The van der Waals surface area contributed by atoms with Crippen LogP contribution < -0.4 is 15.2 Å². The molecule has 2 aromatic carbocycles. The summed E-state index contributed by atoms with van der Waals surface area (Å²) >= 11 is 0. The Balaban J connectivity index is 0.00000264. The lowest BCUT2D eigenvalue weighted by Crippen LogP contribution is -2.11. The maximum atomic E-state index is 8.88. The molecule has 5 heteroatoms. The molecule has 0 unspecified atom stereocenters. The van der Waals surface area contributed by atoms with Gasteiger partial charge in [0.15, 0.2) is 11.5 Å². The van der Waals surface area contributed by atoms with Gasteiger partial charge in [0.1, 0.15) is 6.61 Å². The molecule has 4 nitrogen and oxygen atoms in total. The third kappa shape index (κ3) is 5.75. The fourth-order valence-electron chi connectivity index (χ4n) is 2.25. The smallest absolute Gasteiger partial charge is 0.161 e. The van der Waals surface area contributed by atoms with Crippen molar-refractivity contribution in [1.82, 2.24) is 0 Å². The summed E-state index contributed by atoms with van der Waals surface area (Å²) in [6, 6.07) is 15.6. The van der Waals surface area contributed by atoms with Crippen molar-refractivity contribution in [2.75, 3.05) is 13.7 Å². The van der Waals surface area contributed by atoms with E-state index < -0.39 is 0 Å². The second kappa shape index (κ2) is 10.1. The number of ether oxygens (including phenoxy) is 2. The molecule has 1 atom stereocenters. The summed E-state index contributed by atoms with van der Waals surface area (Å²) < 4.78 is 11.2. The van der Waals surface area contributed by atoms with Crippen LogP contribution in [0.2, 0.25) is 0 Å². The molecule has 2 aromatic rings. The van der Waals surface area contributed by atoms with Crippen molar-refractivity contribution < 1.29 is 14.6 Å². The lowest BCUT2D eigenvalue weighted by molar-refractivity contribution is 0.279. The topological polar surface area (TPSA) is 64.7 Å². The first kappa shape index (κ1) is 19.3. The van der Waals surface area contributed by atoms with E-state index in [-0.39, 0.29) is 25.1 Å². The van der Waals surface area contributed by atoms with Crippen LogP contribution >= 0.6 is 12.4 Å². The Hall–Kier alpha value is -1.75. The van der Waals surface area contributed by atoms with E-state index in [0.717, 1.165) is 17.5 Å². The molecule has 0 heterocycles. The molecule has 126 valence electrons. The van der Waals surface area contributed by atoms with Gasteiger partial charge in [-0.25, -0.2) is 0 Å². The summed E-state index contributed by atoms with van der Waals surface area (Å²) in [6.07, 6.45) is 1.43. The molecule has 0 saturated heterocycles. The highest BCUT2D eigenvalue weighted by atomic mass is 35.5. The van der Waals surface area contributed by atoms with Gasteiger partial charge in [-0.15, -0.1) is 12.4 Å². The van der Waals surface area contributed by atoms with Gasteiger partial charge < -0.3 is 20.3 Å². The van der Waals surface area contributed by atoms with Gasteiger partial charge in [-0.3, -0.25) is 0 Å². The zero-order valence-corrected chi connectivity index (χ0v) is 14.1. The Morgan fingerprint density at radius 2 is 1.83 bits per heavy atom. The summed E-state index contributed by atoms with van der Waals surface area (Å²) in [4.78, 5) is 0. The molecule has 0 radical (unpaired) electrons. The van der Waals surface area contributed by atoms with Crippen LogP contribution in [0.3, 0.4) is 0 Å². The van der Waals surface area contributed by atoms with Gasteiger partial charge in [0, 0.05) is 12.6 Å². The number of halogens is 1. The lowest BCUT2D eigenvalue weighted by Gasteiger charge is -2.15. The molecule has 0 aliphatic heterocycles. The van der Waals surface area contributed by atoms with Crippen LogP contribution in [-0.4, -0.2) is 18.8 Å².